The zero-order valence-corrected chi connectivity index (χ0v) is 14.9. The lowest BCUT2D eigenvalue weighted by molar-refractivity contribution is -0.121. The van der Waals surface area contributed by atoms with Gasteiger partial charge in [-0.25, -0.2) is 0 Å². The van der Waals surface area contributed by atoms with E-state index in [9.17, 15) is 4.79 Å². The molecule has 3 rings (SSSR count). The number of benzene rings is 1. The number of aromatic nitrogens is 1. The van der Waals surface area contributed by atoms with Crippen molar-refractivity contribution in [2.24, 2.45) is 0 Å². The van der Waals surface area contributed by atoms with Crippen LogP contribution in [0.5, 0.6) is 0 Å². The van der Waals surface area contributed by atoms with Crippen LogP contribution < -0.4 is 5.32 Å². The van der Waals surface area contributed by atoms with Gasteiger partial charge in [0.1, 0.15) is 0 Å². The van der Waals surface area contributed by atoms with Gasteiger partial charge in [-0.05, 0) is 44.6 Å². The smallest absolute Gasteiger partial charge is 0.224 e. The molecule has 130 valence electrons. The number of rotatable bonds is 5. The Morgan fingerprint density at radius 3 is 2.83 bits per heavy atom. The minimum Gasteiger partial charge on any atom is -0.381 e. The second-order valence-electron chi connectivity index (χ2n) is 6.69. The van der Waals surface area contributed by atoms with Gasteiger partial charge in [0.25, 0.3) is 0 Å². The van der Waals surface area contributed by atoms with Crippen LogP contribution in [-0.2, 0) is 16.0 Å². The van der Waals surface area contributed by atoms with Crippen molar-refractivity contribution in [1.29, 1.82) is 0 Å². The molecule has 5 nitrogen and oxygen atoms in total. The first-order valence-corrected chi connectivity index (χ1v) is 8.65. The molecule has 0 radical (unpaired) electrons. The van der Waals surface area contributed by atoms with Crippen LogP contribution in [0.25, 0.3) is 10.9 Å². The van der Waals surface area contributed by atoms with Gasteiger partial charge in [-0.3, -0.25) is 4.79 Å². The minimum atomic E-state index is -0.0123. The van der Waals surface area contributed by atoms with E-state index in [1.165, 1.54) is 0 Å². The highest BCUT2D eigenvalue weighted by atomic mass is 35.5. The number of fused-ring (bicyclic) bond motifs is 1. The molecule has 1 saturated heterocycles. The monoisotopic (exact) mass is 349 g/mol. The zero-order chi connectivity index (χ0) is 17.2. The average molecular weight is 350 g/mol. The van der Waals surface area contributed by atoms with Crippen molar-refractivity contribution >= 4 is 28.4 Å². The molecule has 1 aliphatic rings. The first-order valence-electron chi connectivity index (χ1n) is 8.28. The molecule has 1 fully saturated rings. The topological polar surface area (TPSA) is 57.4 Å². The number of H-pyrrole nitrogens is 1. The molecule has 1 amide bonds. The molecule has 0 saturated carbocycles. The van der Waals surface area contributed by atoms with E-state index >= 15 is 0 Å². The van der Waals surface area contributed by atoms with Crippen molar-refractivity contribution in [1.82, 2.24) is 15.2 Å². The standard InChI is InChI=1S/C18H24ClN3O2/c1-22(2)18(5-7-24-8-6-18)12-21-17(23)9-13-11-20-16-10-14(19)3-4-15(13)16/h3-4,10-11,20H,5-9,12H2,1-2H3,(H,21,23). The number of likely N-dealkylation sites (N-methyl/N-ethyl adjacent to an activating group) is 1. The van der Waals surface area contributed by atoms with Crippen molar-refractivity contribution in [3.8, 4) is 0 Å². The number of carbonyl (C=O) groups excluding carboxylic acids is 1. The number of halogens is 1. The molecule has 2 aromatic rings. The quantitative estimate of drug-likeness (QED) is 0.872. The van der Waals surface area contributed by atoms with Gasteiger partial charge in [0, 0.05) is 47.4 Å². The summed E-state index contributed by atoms with van der Waals surface area (Å²) >= 11 is 6.00. The largest absolute Gasteiger partial charge is 0.381 e. The van der Waals surface area contributed by atoms with Crippen molar-refractivity contribution in [2.45, 2.75) is 24.8 Å². The van der Waals surface area contributed by atoms with Gasteiger partial charge >= 0.3 is 0 Å². The van der Waals surface area contributed by atoms with Crippen LogP contribution in [0.15, 0.2) is 24.4 Å². The Morgan fingerprint density at radius 1 is 1.38 bits per heavy atom. The van der Waals surface area contributed by atoms with Crippen LogP contribution in [0, 0.1) is 0 Å². The maximum atomic E-state index is 12.4. The van der Waals surface area contributed by atoms with Crippen LogP contribution in [-0.4, -0.2) is 55.2 Å². The van der Waals surface area contributed by atoms with Crippen LogP contribution in [0.4, 0.5) is 0 Å². The van der Waals surface area contributed by atoms with Crippen LogP contribution in [0.3, 0.4) is 0 Å². The van der Waals surface area contributed by atoms with Crippen LogP contribution >= 0.6 is 11.6 Å². The molecule has 2 heterocycles. The lowest BCUT2D eigenvalue weighted by atomic mass is 9.88. The third kappa shape index (κ3) is 3.58. The van der Waals surface area contributed by atoms with Gasteiger partial charge in [0.2, 0.25) is 5.91 Å². The third-order valence-corrected chi connectivity index (χ3v) is 5.30. The van der Waals surface area contributed by atoms with E-state index in [1.54, 1.807) is 0 Å². The van der Waals surface area contributed by atoms with Crippen LogP contribution in [0.1, 0.15) is 18.4 Å². The molecule has 2 N–H and O–H groups in total. The number of ether oxygens (including phenoxy) is 1. The molecule has 1 aromatic heterocycles. The second-order valence-corrected chi connectivity index (χ2v) is 7.12. The highest BCUT2D eigenvalue weighted by molar-refractivity contribution is 6.31. The fourth-order valence-corrected chi connectivity index (χ4v) is 3.51. The third-order valence-electron chi connectivity index (χ3n) is 5.07. The fraction of sp³-hybridized carbons (Fsp3) is 0.500. The highest BCUT2D eigenvalue weighted by Crippen LogP contribution is 2.25. The van der Waals surface area contributed by atoms with Gasteiger partial charge in [-0.15, -0.1) is 0 Å². The number of amides is 1. The summed E-state index contributed by atoms with van der Waals surface area (Å²) in [7, 11) is 4.14. The number of hydrogen-bond acceptors (Lipinski definition) is 3. The number of hydrogen-bond donors (Lipinski definition) is 2. The Morgan fingerprint density at radius 2 is 2.12 bits per heavy atom. The number of carbonyl (C=O) groups is 1. The van der Waals surface area contributed by atoms with E-state index in [4.69, 9.17) is 16.3 Å². The summed E-state index contributed by atoms with van der Waals surface area (Å²) in [6.07, 6.45) is 4.12. The lowest BCUT2D eigenvalue weighted by Gasteiger charge is -2.42. The average Bonchev–Trinajstić information content (AvgIpc) is 2.95. The first kappa shape index (κ1) is 17.3. The van der Waals surface area contributed by atoms with Gasteiger partial charge in [-0.1, -0.05) is 17.7 Å². The number of aromatic amines is 1. The molecule has 1 aromatic carbocycles. The van der Waals surface area contributed by atoms with Gasteiger partial charge in [-0.2, -0.15) is 0 Å². The first-order chi connectivity index (χ1) is 11.5. The normalized spacial score (nSPS) is 17.3. The van der Waals surface area contributed by atoms with Gasteiger partial charge < -0.3 is 19.9 Å². The maximum Gasteiger partial charge on any atom is 0.224 e. The summed E-state index contributed by atoms with van der Waals surface area (Å²) in [5.41, 5.74) is 1.94. The van der Waals surface area contributed by atoms with Gasteiger partial charge in [0.15, 0.2) is 0 Å². The molecule has 0 aliphatic carbocycles. The van der Waals surface area contributed by atoms with E-state index in [2.05, 4.69) is 29.3 Å². The van der Waals surface area contributed by atoms with Crippen molar-refractivity contribution in [3.63, 3.8) is 0 Å². The molecule has 6 heteroatoms. The molecule has 0 atom stereocenters. The molecule has 1 aliphatic heterocycles. The van der Waals surface area contributed by atoms with E-state index in [-0.39, 0.29) is 11.4 Å². The molecule has 0 bridgehead atoms. The van der Waals surface area contributed by atoms with E-state index in [0.29, 0.717) is 18.0 Å². The SMILES string of the molecule is CN(C)C1(CNC(=O)Cc2c[nH]c3cc(Cl)ccc23)CCOCC1. The van der Waals surface area contributed by atoms with Crippen LogP contribution in [0.2, 0.25) is 5.02 Å². The summed E-state index contributed by atoms with van der Waals surface area (Å²) in [4.78, 5) is 17.8. The summed E-state index contributed by atoms with van der Waals surface area (Å²) in [6, 6.07) is 5.68. The van der Waals surface area contributed by atoms with Crippen molar-refractivity contribution in [2.75, 3.05) is 33.9 Å². The Hall–Kier alpha value is -1.56. The van der Waals surface area contributed by atoms with Crippen molar-refractivity contribution < 1.29 is 9.53 Å². The minimum absolute atomic E-state index is 0.0123. The van der Waals surface area contributed by atoms with E-state index in [1.807, 2.05) is 24.4 Å². The Labute approximate surface area is 147 Å². The zero-order valence-electron chi connectivity index (χ0n) is 14.2. The summed E-state index contributed by atoms with van der Waals surface area (Å²) in [6.45, 7) is 2.14. The fourth-order valence-electron chi connectivity index (χ4n) is 3.34. The lowest BCUT2D eigenvalue weighted by Crippen LogP contribution is -2.55. The predicted molar refractivity (Wildman–Crippen MR) is 96.5 cm³/mol. The Bertz CT molecular complexity index is 720. The molecule has 24 heavy (non-hydrogen) atoms. The van der Waals surface area contributed by atoms with E-state index < -0.39 is 0 Å². The molecular weight excluding hydrogens is 326 g/mol. The van der Waals surface area contributed by atoms with Crippen molar-refractivity contribution in [3.05, 3.63) is 35.0 Å². The number of nitrogens with zero attached hydrogens (tertiary/aromatic N) is 1. The Balaban J connectivity index is 1.64. The molecule has 0 unspecified atom stereocenters. The molecule has 0 spiro atoms. The Kier molecular flexibility index (Phi) is 5.13. The van der Waals surface area contributed by atoms with Gasteiger partial charge in [0.05, 0.1) is 6.42 Å². The number of nitrogens with one attached hydrogen (secondary N) is 2. The molecular formula is C18H24ClN3O2. The second kappa shape index (κ2) is 7.13. The maximum absolute atomic E-state index is 12.4. The predicted octanol–water partition coefficient (Wildman–Crippen LogP) is 2.59. The van der Waals surface area contributed by atoms with E-state index in [0.717, 1.165) is 42.5 Å². The summed E-state index contributed by atoms with van der Waals surface area (Å²) < 4.78 is 5.47. The summed E-state index contributed by atoms with van der Waals surface area (Å²) in [5.74, 6) is 0.0403. The highest BCUT2D eigenvalue weighted by Gasteiger charge is 2.35. The summed E-state index contributed by atoms with van der Waals surface area (Å²) in [5, 5.41) is 4.84.